The zero-order valence-electron chi connectivity index (χ0n) is 11.5. The van der Waals surface area contributed by atoms with Gasteiger partial charge in [-0.25, -0.2) is 17.5 Å². The molecule has 0 aliphatic heterocycles. The largest absolute Gasteiger partial charge is 0.497 e. The zero-order valence-corrected chi connectivity index (χ0v) is 12.4. The van der Waals surface area contributed by atoms with E-state index in [4.69, 9.17) is 4.74 Å². The first-order valence-electron chi connectivity index (χ1n) is 6.40. The molecule has 0 unspecified atom stereocenters. The average molecular weight is 309 g/mol. The highest BCUT2D eigenvalue weighted by Gasteiger charge is 2.14. The highest BCUT2D eigenvalue weighted by Crippen LogP contribution is 2.16. The smallest absolute Gasteiger partial charge is 0.240 e. The summed E-state index contributed by atoms with van der Waals surface area (Å²) >= 11 is 0. The molecule has 0 aromatic heterocycles. The highest BCUT2D eigenvalue weighted by atomic mass is 32.2. The Morgan fingerprint density at radius 2 is 1.90 bits per heavy atom. The van der Waals surface area contributed by atoms with Crippen LogP contribution in [0.25, 0.3) is 0 Å². The van der Waals surface area contributed by atoms with Crippen molar-refractivity contribution in [1.82, 2.24) is 4.72 Å². The molecule has 0 fully saturated rings. The van der Waals surface area contributed by atoms with Crippen LogP contribution in [0.15, 0.2) is 53.4 Å². The van der Waals surface area contributed by atoms with Crippen molar-refractivity contribution in [2.75, 3.05) is 13.7 Å². The Kier molecular flexibility index (Phi) is 4.93. The van der Waals surface area contributed by atoms with Crippen molar-refractivity contribution in [3.8, 4) is 5.75 Å². The standard InChI is InChI=1S/C15H16FNO3S/c1-20-13-6-4-7-14(11-13)21(18,19)17-10-9-12-5-2-3-8-15(12)16/h2-8,11,17H,9-10H2,1H3. The molecule has 0 heterocycles. The molecule has 112 valence electrons. The number of ether oxygens (including phenoxy) is 1. The lowest BCUT2D eigenvalue weighted by Crippen LogP contribution is -2.26. The van der Waals surface area contributed by atoms with E-state index in [1.807, 2.05) is 0 Å². The monoisotopic (exact) mass is 309 g/mol. The molecule has 0 aliphatic carbocycles. The molecule has 0 saturated heterocycles. The molecule has 0 amide bonds. The van der Waals surface area contributed by atoms with Crippen LogP contribution in [0.5, 0.6) is 5.75 Å². The van der Waals surface area contributed by atoms with Crippen LogP contribution in [0, 0.1) is 5.82 Å². The fraction of sp³-hybridized carbons (Fsp3) is 0.200. The van der Waals surface area contributed by atoms with Crippen LogP contribution in [-0.4, -0.2) is 22.1 Å². The molecule has 0 bridgehead atoms. The van der Waals surface area contributed by atoms with Crippen LogP contribution in [0.1, 0.15) is 5.56 Å². The molecule has 21 heavy (non-hydrogen) atoms. The van der Waals surface area contributed by atoms with Crippen LogP contribution in [0.4, 0.5) is 4.39 Å². The number of nitrogens with one attached hydrogen (secondary N) is 1. The van der Waals surface area contributed by atoms with Gasteiger partial charge in [0.25, 0.3) is 0 Å². The van der Waals surface area contributed by atoms with Gasteiger partial charge in [0.05, 0.1) is 12.0 Å². The third-order valence-electron chi connectivity index (χ3n) is 3.00. The molecule has 1 N–H and O–H groups in total. The van der Waals surface area contributed by atoms with Crippen molar-refractivity contribution >= 4 is 10.0 Å². The number of rotatable bonds is 6. The Hall–Kier alpha value is -1.92. The van der Waals surface area contributed by atoms with Crippen molar-refractivity contribution in [2.24, 2.45) is 0 Å². The maximum absolute atomic E-state index is 13.4. The predicted molar refractivity (Wildman–Crippen MR) is 78.3 cm³/mol. The number of halogens is 1. The Morgan fingerprint density at radius 3 is 2.62 bits per heavy atom. The van der Waals surface area contributed by atoms with E-state index < -0.39 is 10.0 Å². The lowest BCUT2D eigenvalue weighted by atomic mass is 10.1. The summed E-state index contributed by atoms with van der Waals surface area (Å²) in [5.74, 6) is 0.130. The first kappa shape index (κ1) is 15.5. The Morgan fingerprint density at radius 1 is 1.14 bits per heavy atom. The third-order valence-corrected chi connectivity index (χ3v) is 4.45. The summed E-state index contributed by atoms with van der Waals surface area (Å²) in [5, 5.41) is 0. The quantitative estimate of drug-likeness (QED) is 0.891. The summed E-state index contributed by atoms with van der Waals surface area (Å²) in [5.41, 5.74) is 0.478. The summed E-state index contributed by atoms with van der Waals surface area (Å²) in [6.45, 7) is 0.125. The number of hydrogen-bond acceptors (Lipinski definition) is 3. The van der Waals surface area contributed by atoms with Gasteiger partial charge < -0.3 is 4.74 Å². The van der Waals surface area contributed by atoms with Crippen molar-refractivity contribution in [1.29, 1.82) is 0 Å². The minimum absolute atomic E-state index is 0.121. The Labute approximate surface area is 123 Å². The van der Waals surface area contributed by atoms with E-state index >= 15 is 0 Å². The molecule has 0 spiro atoms. The minimum atomic E-state index is -3.63. The molecule has 2 aromatic rings. The number of benzene rings is 2. The van der Waals surface area contributed by atoms with Gasteiger partial charge >= 0.3 is 0 Å². The molecule has 0 aliphatic rings. The number of hydrogen-bond donors (Lipinski definition) is 1. The van der Waals surface area contributed by atoms with Gasteiger partial charge in [-0.2, -0.15) is 0 Å². The fourth-order valence-corrected chi connectivity index (χ4v) is 2.94. The zero-order chi connectivity index (χ0) is 15.3. The minimum Gasteiger partial charge on any atom is -0.497 e. The van der Waals surface area contributed by atoms with Crippen molar-refractivity contribution in [3.63, 3.8) is 0 Å². The van der Waals surface area contributed by atoms with E-state index in [1.165, 1.54) is 25.3 Å². The molecule has 0 radical (unpaired) electrons. The lowest BCUT2D eigenvalue weighted by molar-refractivity contribution is 0.413. The maximum atomic E-state index is 13.4. The molecular formula is C15H16FNO3S. The van der Waals surface area contributed by atoms with Gasteiger partial charge in [0.2, 0.25) is 10.0 Å². The van der Waals surface area contributed by atoms with Gasteiger partial charge in [-0.1, -0.05) is 24.3 Å². The van der Waals surface area contributed by atoms with E-state index in [2.05, 4.69) is 4.72 Å². The number of sulfonamides is 1. The second kappa shape index (κ2) is 6.69. The molecule has 6 heteroatoms. The average Bonchev–Trinajstić information content (AvgIpc) is 2.49. The van der Waals surface area contributed by atoms with Crippen LogP contribution >= 0.6 is 0 Å². The van der Waals surface area contributed by atoms with Crippen LogP contribution in [0.3, 0.4) is 0 Å². The Balaban J connectivity index is 2.03. The van der Waals surface area contributed by atoms with Gasteiger partial charge in [0.15, 0.2) is 0 Å². The molecule has 4 nitrogen and oxygen atoms in total. The normalized spacial score (nSPS) is 11.3. The predicted octanol–water partition coefficient (Wildman–Crippen LogP) is 2.36. The topological polar surface area (TPSA) is 55.4 Å². The van der Waals surface area contributed by atoms with Gasteiger partial charge in [-0.15, -0.1) is 0 Å². The summed E-state index contributed by atoms with van der Waals surface area (Å²) in [7, 11) is -2.16. The Bertz CT molecular complexity index is 716. The van der Waals surface area contributed by atoms with Crippen LogP contribution < -0.4 is 9.46 Å². The van der Waals surface area contributed by atoms with Gasteiger partial charge in [0.1, 0.15) is 11.6 Å². The van der Waals surface area contributed by atoms with Crippen molar-refractivity contribution in [2.45, 2.75) is 11.3 Å². The fourth-order valence-electron chi connectivity index (χ4n) is 1.87. The van der Waals surface area contributed by atoms with E-state index in [9.17, 15) is 12.8 Å². The third kappa shape index (κ3) is 4.03. The van der Waals surface area contributed by atoms with E-state index in [-0.39, 0.29) is 23.7 Å². The van der Waals surface area contributed by atoms with Gasteiger partial charge in [-0.3, -0.25) is 0 Å². The molecular weight excluding hydrogens is 293 g/mol. The summed E-state index contributed by atoms with van der Waals surface area (Å²) in [6.07, 6.45) is 0.288. The highest BCUT2D eigenvalue weighted by molar-refractivity contribution is 7.89. The van der Waals surface area contributed by atoms with Gasteiger partial charge in [0, 0.05) is 12.6 Å². The van der Waals surface area contributed by atoms with E-state index in [0.29, 0.717) is 11.3 Å². The maximum Gasteiger partial charge on any atom is 0.240 e. The molecule has 2 rings (SSSR count). The molecule has 0 atom stereocenters. The van der Waals surface area contributed by atoms with Crippen LogP contribution in [-0.2, 0) is 16.4 Å². The van der Waals surface area contributed by atoms with E-state index in [0.717, 1.165) is 0 Å². The lowest BCUT2D eigenvalue weighted by Gasteiger charge is -2.08. The van der Waals surface area contributed by atoms with E-state index in [1.54, 1.807) is 30.3 Å². The summed E-state index contributed by atoms with van der Waals surface area (Å²) in [6, 6.07) is 12.5. The van der Waals surface area contributed by atoms with Gasteiger partial charge in [-0.05, 0) is 30.2 Å². The first-order valence-corrected chi connectivity index (χ1v) is 7.88. The number of methoxy groups -OCH3 is 1. The summed E-state index contributed by atoms with van der Waals surface area (Å²) < 4.78 is 45.1. The molecule has 0 saturated carbocycles. The molecule has 2 aromatic carbocycles. The summed E-state index contributed by atoms with van der Waals surface area (Å²) in [4.78, 5) is 0.121. The SMILES string of the molecule is COc1cccc(S(=O)(=O)NCCc2ccccc2F)c1. The second-order valence-corrected chi connectivity index (χ2v) is 6.19. The second-order valence-electron chi connectivity index (χ2n) is 4.42. The van der Waals surface area contributed by atoms with Crippen molar-refractivity contribution in [3.05, 3.63) is 59.9 Å². The van der Waals surface area contributed by atoms with Crippen LogP contribution in [0.2, 0.25) is 0 Å². The van der Waals surface area contributed by atoms with Crippen molar-refractivity contribution < 1.29 is 17.5 Å². The first-order chi connectivity index (χ1) is 10.0.